The minimum atomic E-state index is -0.486. The molecule has 108 valence electrons. The van der Waals surface area contributed by atoms with Crippen LogP contribution in [0.3, 0.4) is 0 Å². The highest BCUT2D eigenvalue weighted by Crippen LogP contribution is 2.35. The van der Waals surface area contributed by atoms with Crippen molar-refractivity contribution in [2.45, 2.75) is 32.2 Å². The number of rotatable bonds is 6. The molecule has 0 saturated heterocycles. The first-order valence-electron chi connectivity index (χ1n) is 6.84. The van der Waals surface area contributed by atoms with E-state index >= 15 is 0 Å². The van der Waals surface area contributed by atoms with E-state index in [1.54, 1.807) is 13.1 Å². The summed E-state index contributed by atoms with van der Waals surface area (Å²) in [7, 11) is 1.58. The molecular weight excluding hydrogens is 258 g/mol. The van der Waals surface area contributed by atoms with E-state index in [9.17, 15) is 14.9 Å². The third kappa shape index (κ3) is 2.89. The topological polar surface area (TPSA) is 84.3 Å². The first-order chi connectivity index (χ1) is 9.58. The van der Waals surface area contributed by atoms with Crippen molar-refractivity contribution >= 4 is 17.3 Å². The van der Waals surface area contributed by atoms with Crippen LogP contribution in [0.4, 0.5) is 11.4 Å². The fourth-order valence-electron chi connectivity index (χ4n) is 2.50. The number of para-hydroxylation sites is 1. The second-order valence-electron chi connectivity index (χ2n) is 5.07. The van der Waals surface area contributed by atoms with Crippen molar-refractivity contribution in [3.05, 3.63) is 33.9 Å². The van der Waals surface area contributed by atoms with Crippen LogP contribution in [0.1, 0.15) is 36.5 Å². The maximum Gasteiger partial charge on any atom is 0.293 e. The van der Waals surface area contributed by atoms with Crippen LogP contribution < -0.4 is 10.6 Å². The van der Waals surface area contributed by atoms with Gasteiger partial charge in [0.2, 0.25) is 0 Å². The van der Waals surface area contributed by atoms with E-state index in [1.165, 1.54) is 12.1 Å². The van der Waals surface area contributed by atoms with E-state index in [1.807, 2.05) is 0 Å². The van der Waals surface area contributed by atoms with Gasteiger partial charge in [-0.1, -0.05) is 19.4 Å². The van der Waals surface area contributed by atoms with Crippen LogP contribution in [0.5, 0.6) is 0 Å². The Balaban J connectivity index is 2.14. The molecule has 0 radical (unpaired) electrons. The Kier molecular flexibility index (Phi) is 4.22. The van der Waals surface area contributed by atoms with Crippen LogP contribution >= 0.6 is 0 Å². The number of hydrogen-bond donors (Lipinski definition) is 2. The van der Waals surface area contributed by atoms with Gasteiger partial charge in [0.05, 0.1) is 10.5 Å². The number of hydrogen-bond acceptors (Lipinski definition) is 4. The van der Waals surface area contributed by atoms with E-state index in [2.05, 4.69) is 17.6 Å². The van der Waals surface area contributed by atoms with Crippen molar-refractivity contribution in [1.82, 2.24) is 5.32 Å². The molecule has 2 atom stereocenters. The number of nitrogens with zero attached hydrogens (tertiary/aromatic N) is 1. The Morgan fingerprint density at radius 1 is 1.50 bits per heavy atom. The summed E-state index contributed by atoms with van der Waals surface area (Å²) in [5.74, 6) is 0.308. The Hall–Kier alpha value is -2.11. The number of nitro groups is 1. The van der Waals surface area contributed by atoms with Gasteiger partial charge in [-0.2, -0.15) is 0 Å². The van der Waals surface area contributed by atoms with Gasteiger partial charge in [0, 0.05) is 19.2 Å². The zero-order valence-electron chi connectivity index (χ0n) is 11.7. The molecule has 1 aromatic rings. The summed E-state index contributed by atoms with van der Waals surface area (Å²) in [6, 6.07) is 4.74. The third-order valence-corrected chi connectivity index (χ3v) is 3.63. The fraction of sp³-hybridized carbons (Fsp3) is 0.500. The van der Waals surface area contributed by atoms with Crippen molar-refractivity contribution < 1.29 is 9.72 Å². The number of nitro benzene ring substituents is 1. The van der Waals surface area contributed by atoms with Gasteiger partial charge >= 0.3 is 0 Å². The number of carbonyl (C=O) groups excluding carboxylic acids is 1. The maximum absolute atomic E-state index is 12.2. The predicted molar refractivity (Wildman–Crippen MR) is 76.9 cm³/mol. The summed E-state index contributed by atoms with van der Waals surface area (Å²) in [5.41, 5.74) is 0.507. The molecule has 0 heterocycles. The van der Waals surface area contributed by atoms with Gasteiger partial charge in [-0.3, -0.25) is 14.9 Å². The Morgan fingerprint density at radius 2 is 2.25 bits per heavy atom. The second kappa shape index (κ2) is 5.90. The predicted octanol–water partition coefficient (Wildman–Crippen LogP) is 2.55. The van der Waals surface area contributed by atoms with Crippen LogP contribution in [-0.4, -0.2) is 23.9 Å². The number of amides is 1. The van der Waals surface area contributed by atoms with Gasteiger partial charge in [-0.25, -0.2) is 0 Å². The average Bonchev–Trinajstić information content (AvgIpc) is 3.15. The van der Waals surface area contributed by atoms with Gasteiger partial charge in [0.15, 0.2) is 0 Å². The zero-order valence-corrected chi connectivity index (χ0v) is 11.7. The molecule has 1 aliphatic rings. The molecule has 2 N–H and O–H groups in total. The van der Waals surface area contributed by atoms with E-state index < -0.39 is 4.92 Å². The minimum Gasteiger partial charge on any atom is -0.382 e. The third-order valence-electron chi connectivity index (χ3n) is 3.63. The van der Waals surface area contributed by atoms with Gasteiger partial charge in [0.25, 0.3) is 11.6 Å². The maximum atomic E-state index is 12.2. The van der Waals surface area contributed by atoms with Crippen molar-refractivity contribution in [3.63, 3.8) is 0 Å². The summed E-state index contributed by atoms with van der Waals surface area (Å²) in [4.78, 5) is 22.7. The van der Waals surface area contributed by atoms with Crippen molar-refractivity contribution in [2.75, 3.05) is 12.4 Å². The molecule has 1 fully saturated rings. The summed E-state index contributed by atoms with van der Waals surface area (Å²) in [5, 5.41) is 16.7. The van der Waals surface area contributed by atoms with Gasteiger partial charge in [0.1, 0.15) is 5.69 Å². The molecular formula is C14H19N3O3. The van der Waals surface area contributed by atoms with Crippen molar-refractivity contribution in [3.8, 4) is 0 Å². The molecule has 20 heavy (non-hydrogen) atoms. The number of anilines is 1. The first-order valence-corrected chi connectivity index (χ1v) is 6.84. The average molecular weight is 277 g/mol. The quantitative estimate of drug-likeness (QED) is 0.618. The van der Waals surface area contributed by atoms with Crippen LogP contribution in [-0.2, 0) is 0 Å². The lowest BCUT2D eigenvalue weighted by molar-refractivity contribution is -0.384. The monoisotopic (exact) mass is 277 g/mol. The van der Waals surface area contributed by atoms with E-state index in [-0.39, 0.29) is 23.3 Å². The lowest BCUT2D eigenvalue weighted by Crippen LogP contribution is -2.27. The Labute approximate surface area is 117 Å². The Bertz CT molecular complexity index is 530. The highest BCUT2D eigenvalue weighted by Gasteiger charge is 2.37. The van der Waals surface area contributed by atoms with E-state index in [0.29, 0.717) is 11.5 Å². The van der Waals surface area contributed by atoms with Crippen LogP contribution in [0, 0.1) is 16.0 Å². The number of nitrogens with one attached hydrogen (secondary N) is 2. The number of carbonyl (C=O) groups is 1. The summed E-state index contributed by atoms with van der Waals surface area (Å²) in [6.07, 6.45) is 3.22. The summed E-state index contributed by atoms with van der Waals surface area (Å²) < 4.78 is 0. The smallest absolute Gasteiger partial charge is 0.293 e. The highest BCUT2D eigenvalue weighted by atomic mass is 16.6. The van der Waals surface area contributed by atoms with Crippen molar-refractivity contribution in [2.24, 2.45) is 5.92 Å². The molecule has 0 aliphatic heterocycles. The molecule has 2 rings (SSSR count). The molecule has 6 nitrogen and oxygen atoms in total. The number of benzene rings is 1. The van der Waals surface area contributed by atoms with E-state index in [4.69, 9.17) is 0 Å². The van der Waals surface area contributed by atoms with Gasteiger partial charge in [-0.15, -0.1) is 0 Å². The molecule has 1 aliphatic carbocycles. The molecule has 0 spiro atoms. The fourth-order valence-corrected chi connectivity index (χ4v) is 2.50. The first kappa shape index (κ1) is 14.3. The molecule has 1 amide bonds. The van der Waals surface area contributed by atoms with Crippen LogP contribution in [0.25, 0.3) is 0 Å². The molecule has 0 aromatic heterocycles. The molecule has 1 saturated carbocycles. The van der Waals surface area contributed by atoms with Crippen molar-refractivity contribution in [1.29, 1.82) is 0 Å². The standard InChI is InChI=1S/C14H19N3O3/c1-3-5-9-8-11(9)16-14(18)10-6-4-7-12(17(19)20)13(10)15-2/h4,6-7,9,11,15H,3,5,8H2,1-2H3,(H,16,18). The van der Waals surface area contributed by atoms with Gasteiger partial charge in [-0.05, 0) is 24.8 Å². The summed E-state index contributed by atoms with van der Waals surface area (Å²) in [6.45, 7) is 2.12. The largest absolute Gasteiger partial charge is 0.382 e. The van der Waals surface area contributed by atoms with E-state index in [0.717, 1.165) is 19.3 Å². The highest BCUT2D eigenvalue weighted by molar-refractivity contribution is 6.01. The second-order valence-corrected chi connectivity index (χ2v) is 5.07. The molecule has 2 unspecified atom stereocenters. The lowest BCUT2D eigenvalue weighted by atomic mass is 10.1. The molecule has 1 aromatic carbocycles. The Morgan fingerprint density at radius 3 is 2.85 bits per heavy atom. The van der Waals surface area contributed by atoms with Crippen LogP contribution in [0.2, 0.25) is 0 Å². The normalized spacial score (nSPS) is 20.3. The minimum absolute atomic E-state index is 0.0824. The summed E-state index contributed by atoms with van der Waals surface area (Å²) >= 11 is 0. The SMILES string of the molecule is CCCC1CC1NC(=O)c1cccc([N+](=O)[O-])c1NC. The lowest BCUT2D eigenvalue weighted by Gasteiger charge is -2.10. The van der Waals surface area contributed by atoms with Crippen LogP contribution in [0.15, 0.2) is 18.2 Å². The van der Waals surface area contributed by atoms with Gasteiger partial charge < -0.3 is 10.6 Å². The molecule has 0 bridgehead atoms. The molecule has 6 heteroatoms. The zero-order chi connectivity index (χ0) is 14.7.